The first-order chi connectivity index (χ1) is 8.61. The van der Waals surface area contributed by atoms with Crippen LogP contribution in [0.15, 0.2) is 0 Å². The minimum atomic E-state index is 0.0219. The molecule has 0 fully saturated rings. The quantitative estimate of drug-likeness (QED) is 0.385. The van der Waals surface area contributed by atoms with Crippen molar-refractivity contribution in [3.8, 4) is 0 Å². The van der Waals surface area contributed by atoms with E-state index < -0.39 is 0 Å². The van der Waals surface area contributed by atoms with E-state index in [1.807, 2.05) is 0 Å². The van der Waals surface area contributed by atoms with Crippen LogP contribution in [-0.2, 0) is 9.53 Å². The van der Waals surface area contributed by atoms with Crippen molar-refractivity contribution in [1.82, 2.24) is 0 Å². The van der Waals surface area contributed by atoms with Crippen LogP contribution in [0, 0.1) is 11.8 Å². The fraction of sp³-hybridized carbons (Fsp3) is 0.938. The fourth-order valence-electron chi connectivity index (χ4n) is 2.00. The molecule has 2 heteroatoms. The predicted octanol–water partition coefficient (Wildman–Crippen LogP) is 4.96. The van der Waals surface area contributed by atoms with Crippen LogP contribution in [0.1, 0.15) is 79.1 Å². The SMILES string of the molecule is CCCCCCCC(CC)C(=O)OCCC(C)C. The van der Waals surface area contributed by atoms with E-state index in [-0.39, 0.29) is 11.9 Å². The third kappa shape index (κ3) is 9.49. The predicted molar refractivity (Wildman–Crippen MR) is 77.6 cm³/mol. The van der Waals surface area contributed by atoms with Gasteiger partial charge in [0, 0.05) is 0 Å². The second-order valence-corrected chi connectivity index (χ2v) is 5.66. The molecule has 0 saturated heterocycles. The van der Waals surface area contributed by atoms with Crippen molar-refractivity contribution in [3.05, 3.63) is 0 Å². The Balaban J connectivity index is 3.68. The topological polar surface area (TPSA) is 26.3 Å². The Hall–Kier alpha value is -0.530. The number of carbonyl (C=O) groups is 1. The fourth-order valence-corrected chi connectivity index (χ4v) is 2.00. The van der Waals surface area contributed by atoms with Crippen LogP contribution in [0.4, 0.5) is 0 Å². The van der Waals surface area contributed by atoms with Crippen molar-refractivity contribution < 1.29 is 9.53 Å². The number of unbranched alkanes of at least 4 members (excludes halogenated alkanes) is 4. The third-order valence-corrected chi connectivity index (χ3v) is 3.42. The van der Waals surface area contributed by atoms with E-state index >= 15 is 0 Å². The highest BCUT2D eigenvalue weighted by atomic mass is 16.5. The van der Waals surface area contributed by atoms with Gasteiger partial charge in [0.25, 0.3) is 0 Å². The smallest absolute Gasteiger partial charge is 0.308 e. The van der Waals surface area contributed by atoms with Crippen LogP contribution >= 0.6 is 0 Å². The zero-order chi connectivity index (χ0) is 13.8. The average molecular weight is 256 g/mol. The maximum atomic E-state index is 11.9. The standard InChI is InChI=1S/C16H32O2/c1-5-7-8-9-10-11-15(6-2)16(17)18-13-12-14(3)4/h14-15H,5-13H2,1-4H3. The van der Waals surface area contributed by atoms with E-state index in [9.17, 15) is 4.79 Å². The minimum absolute atomic E-state index is 0.0219. The average Bonchev–Trinajstić information content (AvgIpc) is 2.33. The van der Waals surface area contributed by atoms with E-state index in [2.05, 4.69) is 27.7 Å². The van der Waals surface area contributed by atoms with E-state index in [1.54, 1.807) is 0 Å². The van der Waals surface area contributed by atoms with E-state index in [0.29, 0.717) is 12.5 Å². The molecule has 2 nitrogen and oxygen atoms in total. The van der Waals surface area contributed by atoms with Crippen molar-refractivity contribution in [2.75, 3.05) is 6.61 Å². The molecule has 0 aromatic heterocycles. The van der Waals surface area contributed by atoms with Gasteiger partial charge in [-0.15, -0.1) is 0 Å². The van der Waals surface area contributed by atoms with Gasteiger partial charge in [-0.25, -0.2) is 0 Å². The summed E-state index contributed by atoms with van der Waals surface area (Å²) in [5.41, 5.74) is 0. The molecule has 1 atom stereocenters. The summed E-state index contributed by atoms with van der Waals surface area (Å²) in [6, 6.07) is 0. The van der Waals surface area contributed by atoms with Gasteiger partial charge in [0.2, 0.25) is 0 Å². The van der Waals surface area contributed by atoms with Gasteiger partial charge >= 0.3 is 5.97 Å². The Morgan fingerprint density at radius 2 is 1.67 bits per heavy atom. The Morgan fingerprint density at radius 1 is 1.00 bits per heavy atom. The molecule has 0 aliphatic heterocycles. The summed E-state index contributed by atoms with van der Waals surface area (Å²) in [6.07, 6.45) is 9.19. The van der Waals surface area contributed by atoms with Gasteiger partial charge in [0.15, 0.2) is 0 Å². The zero-order valence-electron chi connectivity index (χ0n) is 12.8. The lowest BCUT2D eigenvalue weighted by Gasteiger charge is -2.14. The van der Waals surface area contributed by atoms with Gasteiger partial charge in [-0.2, -0.15) is 0 Å². The second-order valence-electron chi connectivity index (χ2n) is 5.66. The van der Waals surface area contributed by atoms with Crippen molar-refractivity contribution in [1.29, 1.82) is 0 Å². The van der Waals surface area contributed by atoms with E-state index in [1.165, 1.54) is 25.7 Å². The van der Waals surface area contributed by atoms with Gasteiger partial charge in [-0.05, 0) is 25.2 Å². The molecule has 0 bridgehead atoms. The summed E-state index contributed by atoms with van der Waals surface area (Å²) in [7, 11) is 0. The van der Waals surface area contributed by atoms with Crippen molar-refractivity contribution >= 4 is 5.97 Å². The molecule has 0 spiro atoms. The van der Waals surface area contributed by atoms with Crippen LogP contribution in [0.5, 0.6) is 0 Å². The Kier molecular flexibility index (Phi) is 11.2. The molecule has 0 aromatic carbocycles. The molecule has 0 aromatic rings. The first-order valence-corrected chi connectivity index (χ1v) is 7.78. The summed E-state index contributed by atoms with van der Waals surface area (Å²) >= 11 is 0. The number of ether oxygens (including phenoxy) is 1. The highest BCUT2D eigenvalue weighted by molar-refractivity contribution is 5.72. The summed E-state index contributed by atoms with van der Waals surface area (Å²) < 4.78 is 5.35. The first-order valence-electron chi connectivity index (χ1n) is 7.78. The Labute approximate surface area is 113 Å². The van der Waals surface area contributed by atoms with E-state index in [4.69, 9.17) is 4.74 Å². The van der Waals surface area contributed by atoms with Crippen LogP contribution in [0.25, 0.3) is 0 Å². The van der Waals surface area contributed by atoms with Crippen molar-refractivity contribution in [2.24, 2.45) is 11.8 Å². The first kappa shape index (κ1) is 17.5. The molecule has 0 heterocycles. The number of rotatable bonds is 11. The minimum Gasteiger partial charge on any atom is -0.465 e. The van der Waals surface area contributed by atoms with Gasteiger partial charge in [-0.1, -0.05) is 59.8 Å². The summed E-state index contributed by atoms with van der Waals surface area (Å²) in [5.74, 6) is 0.749. The molecule has 0 aliphatic carbocycles. The molecule has 108 valence electrons. The van der Waals surface area contributed by atoms with Crippen LogP contribution < -0.4 is 0 Å². The van der Waals surface area contributed by atoms with Crippen molar-refractivity contribution in [2.45, 2.75) is 79.1 Å². The van der Waals surface area contributed by atoms with E-state index in [0.717, 1.165) is 25.7 Å². The number of carbonyl (C=O) groups excluding carboxylic acids is 1. The normalized spacial score (nSPS) is 12.7. The molecule has 0 N–H and O–H groups in total. The Morgan fingerprint density at radius 3 is 2.22 bits per heavy atom. The number of hydrogen-bond donors (Lipinski definition) is 0. The maximum Gasteiger partial charge on any atom is 0.308 e. The van der Waals surface area contributed by atoms with Gasteiger partial charge < -0.3 is 4.74 Å². The maximum absolute atomic E-state index is 11.9. The molecule has 18 heavy (non-hydrogen) atoms. The summed E-state index contributed by atoms with van der Waals surface area (Å²) in [4.78, 5) is 11.9. The molecule has 0 rings (SSSR count). The summed E-state index contributed by atoms with van der Waals surface area (Å²) in [6.45, 7) is 9.20. The highest BCUT2D eigenvalue weighted by Crippen LogP contribution is 2.16. The second kappa shape index (κ2) is 11.6. The van der Waals surface area contributed by atoms with Gasteiger partial charge in [-0.3, -0.25) is 4.79 Å². The lowest BCUT2D eigenvalue weighted by Crippen LogP contribution is -2.18. The zero-order valence-corrected chi connectivity index (χ0v) is 12.8. The number of esters is 1. The van der Waals surface area contributed by atoms with Gasteiger partial charge in [0.1, 0.15) is 0 Å². The third-order valence-electron chi connectivity index (χ3n) is 3.42. The number of hydrogen-bond acceptors (Lipinski definition) is 2. The van der Waals surface area contributed by atoms with Crippen molar-refractivity contribution in [3.63, 3.8) is 0 Å². The molecule has 0 saturated carbocycles. The molecule has 0 amide bonds. The molecular weight excluding hydrogens is 224 g/mol. The van der Waals surface area contributed by atoms with Gasteiger partial charge in [0.05, 0.1) is 12.5 Å². The lowest BCUT2D eigenvalue weighted by molar-refractivity contribution is -0.149. The molecular formula is C16H32O2. The largest absolute Gasteiger partial charge is 0.465 e. The Bertz CT molecular complexity index is 199. The highest BCUT2D eigenvalue weighted by Gasteiger charge is 2.17. The van der Waals surface area contributed by atoms with Crippen LogP contribution in [-0.4, -0.2) is 12.6 Å². The molecule has 0 aliphatic rings. The van der Waals surface area contributed by atoms with Crippen LogP contribution in [0.3, 0.4) is 0 Å². The van der Waals surface area contributed by atoms with Crippen LogP contribution in [0.2, 0.25) is 0 Å². The molecule has 0 radical (unpaired) electrons. The monoisotopic (exact) mass is 256 g/mol. The summed E-state index contributed by atoms with van der Waals surface area (Å²) in [5, 5.41) is 0. The molecule has 1 unspecified atom stereocenters. The lowest BCUT2D eigenvalue weighted by atomic mass is 9.98.